The summed E-state index contributed by atoms with van der Waals surface area (Å²) in [5, 5.41) is 6.07. The fourth-order valence-electron chi connectivity index (χ4n) is 0.953. The quantitative estimate of drug-likeness (QED) is 0.735. The van der Waals surface area contributed by atoms with E-state index in [1.807, 2.05) is 0 Å². The van der Waals surface area contributed by atoms with Gasteiger partial charge in [-0.2, -0.15) is 0 Å². The molecule has 0 aliphatic heterocycles. The summed E-state index contributed by atoms with van der Waals surface area (Å²) >= 11 is 4.91. The molecule has 0 radical (unpaired) electrons. The van der Waals surface area contributed by atoms with Crippen molar-refractivity contribution in [2.45, 2.75) is 0 Å². The Labute approximate surface area is 87.3 Å². The first-order valence-electron chi connectivity index (χ1n) is 3.99. The molecule has 0 amide bonds. The largest absolute Gasteiger partial charge is 0.494 e. The molecule has 0 atom stereocenters. The average Bonchev–Trinajstić information content (AvgIpc) is 2.20. The highest BCUT2D eigenvalue weighted by molar-refractivity contribution is 7.80. The zero-order valence-electron chi connectivity index (χ0n) is 7.93. The standard InChI is InChI=1S/C9H11FN2OS/c1-11-9(14)12-7-4-3-6(10)5-8(7)13-2/h3-5H,1-2H3,(H2,11,12,14). The van der Waals surface area contributed by atoms with Crippen LogP contribution in [-0.4, -0.2) is 19.3 Å². The van der Waals surface area contributed by atoms with Crippen LogP contribution in [0.25, 0.3) is 0 Å². The van der Waals surface area contributed by atoms with Gasteiger partial charge < -0.3 is 15.4 Å². The van der Waals surface area contributed by atoms with Crippen LogP contribution in [0.15, 0.2) is 18.2 Å². The highest BCUT2D eigenvalue weighted by Crippen LogP contribution is 2.24. The number of methoxy groups -OCH3 is 1. The summed E-state index contributed by atoms with van der Waals surface area (Å²) in [6.07, 6.45) is 0. The van der Waals surface area contributed by atoms with Crippen molar-refractivity contribution in [2.24, 2.45) is 0 Å². The van der Waals surface area contributed by atoms with E-state index in [4.69, 9.17) is 17.0 Å². The number of hydrogen-bond acceptors (Lipinski definition) is 2. The van der Waals surface area contributed by atoms with Crippen molar-refractivity contribution in [2.75, 3.05) is 19.5 Å². The number of ether oxygens (including phenoxy) is 1. The van der Waals surface area contributed by atoms with Gasteiger partial charge in [0, 0.05) is 13.1 Å². The highest BCUT2D eigenvalue weighted by Gasteiger charge is 2.04. The molecule has 0 saturated carbocycles. The van der Waals surface area contributed by atoms with Crippen LogP contribution in [0, 0.1) is 5.82 Å². The van der Waals surface area contributed by atoms with E-state index in [0.717, 1.165) is 0 Å². The summed E-state index contributed by atoms with van der Waals surface area (Å²) in [5.74, 6) is 0.0744. The van der Waals surface area contributed by atoms with E-state index < -0.39 is 0 Å². The smallest absolute Gasteiger partial charge is 0.170 e. The summed E-state index contributed by atoms with van der Waals surface area (Å²) in [5.41, 5.74) is 0.633. The fourth-order valence-corrected chi connectivity index (χ4v) is 1.06. The van der Waals surface area contributed by atoms with Crippen molar-refractivity contribution >= 4 is 23.0 Å². The van der Waals surface area contributed by atoms with Crippen molar-refractivity contribution in [3.05, 3.63) is 24.0 Å². The van der Waals surface area contributed by atoms with Crippen LogP contribution in [0.1, 0.15) is 0 Å². The molecule has 1 rings (SSSR count). The van der Waals surface area contributed by atoms with Crippen LogP contribution in [0.3, 0.4) is 0 Å². The lowest BCUT2D eigenvalue weighted by Gasteiger charge is -2.11. The minimum atomic E-state index is -0.345. The second kappa shape index (κ2) is 4.76. The van der Waals surface area contributed by atoms with Crippen molar-refractivity contribution in [1.82, 2.24) is 5.32 Å². The first-order valence-corrected chi connectivity index (χ1v) is 4.40. The molecular weight excluding hydrogens is 203 g/mol. The normalized spacial score (nSPS) is 9.36. The molecule has 0 heterocycles. The molecule has 0 aromatic heterocycles. The number of halogens is 1. The minimum absolute atomic E-state index is 0.345. The molecule has 0 unspecified atom stereocenters. The number of hydrogen-bond donors (Lipinski definition) is 2. The first kappa shape index (κ1) is 10.7. The maximum atomic E-state index is 12.8. The van der Waals surface area contributed by atoms with Gasteiger partial charge in [-0.1, -0.05) is 0 Å². The number of benzene rings is 1. The van der Waals surface area contributed by atoms with E-state index >= 15 is 0 Å². The van der Waals surface area contributed by atoms with Gasteiger partial charge in [-0.25, -0.2) is 4.39 Å². The van der Waals surface area contributed by atoms with Crippen molar-refractivity contribution < 1.29 is 9.13 Å². The van der Waals surface area contributed by atoms with E-state index in [9.17, 15) is 4.39 Å². The maximum Gasteiger partial charge on any atom is 0.170 e. The number of thiocarbonyl (C=S) groups is 1. The van der Waals surface area contributed by atoms with Crippen molar-refractivity contribution in [3.8, 4) is 5.75 Å². The van der Waals surface area contributed by atoms with Crippen LogP contribution < -0.4 is 15.4 Å². The second-order valence-corrected chi connectivity index (χ2v) is 2.96. The van der Waals surface area contributed by atoms with Crippen LogP contribution in [-0.2, 0) is 0 Å². The molecule has 0 aliphatic carbocycles. The van der Waals surface area contributed by atoms with E-state index in [1.54, 1.807) is 13.1 Å². The van der Waals surface area contributed by atoms with Crippen LogP contribution >= 0.6 is 12.2 Å². The van der Waals surface area contributed by atoms with E-state index in [2.05, 4.69) is 10.6 Å². The molecule has 0 aliphatic rings. The zero-order valence-corrected chi connectivity index (χ0v) is 8.74. The minimum Gasteiger partial charge on any atom is -0.494 e. The third-order valence-corrected chi connectivity index (χ3v) is 1.95. The Hall–Kier alpha value is -1.36. The Morgan fingerprint density at radius 1 is 1.50 bits per heavy atom. The third-order valence-electron chi connectivity index (χ3n) is 1.64. The monoisotopic (exact) mass is 214 g/mol. The summed E-state index contributed by atoms with van der Waals surface area (Å²) < 4.78 is 17.8. The SMILES string of the molecule is CNC(=S)Nc1ccc(F)cc1OC. The Balaban J connectivity index is 2.90. The maximum absolute atomic E-state index is 12.8. The van der Waals surface area contributed by atoms with Gasteiger partial charge in [-0.05, 0) is 24.4 Å². The van der Waals surface area contributed by atoms with Crippen LogP contribution in [0.2, 0.25) is 0 Å². The fraction of sp³-hybridized carbons (Fsp3) is 0.222. The highest BCUT2D eigenvalue weighted by atomic mass is 32.1. The molecule has 76 valence electrons. The Kier molecular flexibility index (Phi) is 3.64. The van der Waals surface area contributed by atoms with Crippen molar-refractivity contribution in [1.29, 1.82) is 0 Å². The molecule has 5 heteroatoms. The predicted octanol–water partition coefficient (Wildman–Crippen LogP) is 1.75. The number of anilines is 1. The molecular formula is C9H11FN2OS. The van der Waals surface area contributed by atoms with Gasteiger partial charge in [0.1, 0.15) is 11.6 Å². The summed E-state index contributed by atoms with van der Waals surface area (Å²) in [7, 11) is 3.17. The van der Waals surface area contributed by atoms with Gasteiger partial charge in [0.05, 0.1) is 12.8 Å². The molecule has 3 nitrogen and oxygen atoms in total. The summed E-state index contributed by atoms with van der Waals surface area (Å²) in [6, 6.07) is 4.20. The molecule has 0 fully saturated rings. The lowest BCUT2D eigenvalue weighted by Crippen LogP contribution is -2.24. The molecule has 14 heavy (non-hydrogen) atoms. The molecule has 1 aromatic carbocycles. The third kappa shape index (κ3) is 2.56. The second-order valence-electron chi connectivity index (χ2n) is 2.55. The van der Waals surface area contributed by atoms with Crippen LogP contribution in [0.5, 0.6) is 5.75 Å². The lowest BCUT2D eigenvalue weighted by atomic mass is 10.3. The Bertz CT molecular complexity index is 344. The number of rotatable bonds is 2. The number of nitrogens with one attached hydrogen (secondary N) is 2. The van der Waals surface area contributed by atoms with E-state index in [0.29, 0.717) is 16.5 Å². The molecule has 2 N–H and O–H groups in total. The molecule has 1 aromatic rings. The van der Waals surface area contributed by atoms with E-state index in [1.165, 1.54) is 19.2 Å². The van der Waals surface area contributed by atoms with Gasteiger partial charge in [-0.15, -0.1) is 0 Å². The van der Waals surface area contributed by atoms with Gasteiger partial charge in [0.15, 0.2) is 5.11 Å². The zero-order chi connectivity index (χ0) is 10.6. The van der Waals surface area contributed by atoms with E-state index in [-0.39, 0.29) is 5.82 Å². The van der Waals surface area contributed by atoms with Gasteiger partial charge >= 0.3 is 0 Å². The Morgan fingerprint density at radius 2 is 2.21 bits per heavy atom. The summed E-state index contributed by atoms with van der Waals surface area (Å²) in [4.78, 5) is 0. The molecule has 0 spiro atoms. The predicted molar refractivity (Wildman–Crippen MR) is 58.2 cm³/mol. The molecule has 0 saturated heterocycles. The van der Waals surface area contributed by atoms with Crippen molar-refractivity contribution in [3.63, 3.8) is 0 Å². The summed E-state index contributed by atoms with van der Waals surface area (Å²) in [6.45, 7) is 0. The first-order chi connectivity index (χ1) is 6.67. The Morgan fingerprint density at radius 3 is 2.79 bits per heavy atom. The average molecular weight is 214 g/mol. The van der Waals surface area contributed by atoms with Gasteiger partial charge in [-0.3, -0.25) is 0 Å². The molecule has 0 bridgehead atoms. The van der Waals surface area contributed by atoms with Crippen LogP contribution in [0.4, 0.5) is 10.1 Å². The van der Waals surface area contributed by atoms with Gasteiger partial charge in [0.2, 0.25) is 0 Å². The topological polar surface area (TPSA) is 33.3 Å². The van der Waals surface area contributed by atoms with Gasteiger partial charge in [0.25, 0.3) is 0 Å². The lowest BCUT2D eigenvalue weighted by molar-refractivity contribution is 0.413.